The van der Waals surface area contributed by atoms with E-state index in [1.165, 1.54) is 18.3 Å². The molecule has 0 saturated heterocycles. The van der Waals surface area contributed by atoms with Crippen molar-refractivity contribution in [3.8, 4) is 28.7 Å². The van der Waals surface area contributed by atoms with Crippen molar-refractivity contribution in [1.29, 1.82) is 0 Å². The van der Waals surface area contributed by atoms with Gasteiger partial charge in [0.2, 0.25) is 16.6 Å². The van der Waals surface area contributed by atoms with E-state index in [-0.39, 0.29) is 28.8 Å². The molecule has 3 aliphatic heterocycles. The third kappa shape index (κ3) is 7.62. The predicted molar refractivity (Wildman–Crippen MR) is 246 cm³/mol. The van der Waals surface area contributed by atoms with Crippen LogP contribution >= 0.6 is 0 Å². The van der Waals surface area contributed by atoms with Gasteiger partial charge in [-0.2, -0.15) is 0 Å². The monoisotopic (exact) mass is 876 g/mol. The van der Waals surface area contributed by atoms with Crippen LogP contribution in [-0.2, 0) is 0 Å². The van der Waals surface area contributed by atoms with E-state index in [1.54, 1.807) is 57.6 Å². The highest BCUT2D eigenvalue weighted by molar-refractivity contribution is 5.97. The van der Waals surface area contributed by atoms with Gasteiger partial charge in [-0.15, -0.1) is 0 Å². The van der Waals surface area contributed by atoms with Gasteiger partial charge >= 0.3 is 0 Å². The van der Waals surface area contributed by atoms with Gasteiger partial charge in [-0.3, -0.25) is 38.5 Å². The summed E-state index contributed by atoms with van der Waals surface area (Å²) in [6, 6.07) is 34.4. The number of aromatic nitrogens is 2. The van der Waals surface area contributed by atoms with Crippen molar-refractivity contribution >= 4 is 11.8 Å². The van der Waals surface area contributed by atoms with Gasteiger partial charge in [-0.1, -0.05) is 99.1 Å². The first kappa shape index (κ1) is 42.8. The maximum absolute atomic E-state index is 14.7. The summed E-state index contributed by atoms with van der Waals surface area (Å²) in [4.78, 5) is 58.7. The van der Waals surface area contributed by atoms with Crippen molar-refractivity contribution in [2.75, 3.05) is 37.3 Å². The molecule has 0 radical (unpaired) electrons. The molecule has 0 aliphatic carbocycles. The molecule has 0 bridgehead atoms. The van der Waals surface area contributed by atoms with Crippen LogP contribution in [0.1, 0.15) is 101 Å². The summed E-state index contributed by atoms with van der Waals surface area (Å²) in [7, 11) is 3.41. The van der Waals surface area contributed by atoms with Crippen LogP contribution in [0.25, 0.3) is 0 Å². The Morgan fingerprint density at radius 1 is 0.769 bits per heavy atom. The molecule has 0 fully saturated rings. The van der Waals surface area contributed by atoms with Crippen LogP contribution in [0.15, 0.2) is 137 Å². The summed E-state index contributed by atoms with van der Waals surface area (Å²) >= 11 is 0. The molecule has 4 atom stereocenters. The van der Waals surface area contributed by atoms with Crippen LogP contribution in [0.5, 0.6) is 28.7 Å². The minimum absolute atomic E-state index is 0.0613. The average Bonchev–Trinajstić information content (AvgIpc) is 3.40. The first-order chi connectivity index (χ1) is 31.6. The standard InChI is InChI=1S/C51H52N6O8/c1-5-7-30-63-40-23-13-11-21-36(40)44(33-17-9-8-10-18-33)56-42(6-2)52(3)51(62)47-49(39(59)27-29-55(47)56)65-35-20-15-19-34(32-35)45-37-22-12-14-24-41(37)64-31-16-25-43-53(4)50(61)46-48(60)38(58)26-28-54(46)57(43)45/h8-15,17-24,26-29,32,42-45,60H,5-7,16,25,30-31H2,1-4H3/t42-,43?,44+,45+/m0/s1. The number of nitrogens with zero attached hydrogens (tertiary/aromatic N) is 6. The molecule has 6 aromatic rings. The normalized spacial score (nSPS) is 18.6. The van der Waals surface area contributed by atoms with Gasteiger partial charge in [-0.25, -0.2) is 0 Å². The summed E-state index contributed by atoms with van der Waals surface area (Å²) < 4.78 is 22.8. The van der Waals surface area contributed by atoms with E-state index >= 15 is 0 Å². The molecule has 334 valence electrons. The molecule has 1 unspecified atom stereocenters. The lowest BCUT2D eigenvalue weighted by Gasteiger charge is -2.49. The highest BCUT2D eigenvalue weighted by Gasteiger charge is 2.44. The molecule has 14 nitrogen and oxygen atoms in total. The van der Waals surface area contributed by atoms with Crippen molar-refractivity contribution in [2.24, 2.45) is 0 Å². The third-order valence-corrected chi connectivity index (χ3v) is 12.6. The molecule has 0 saturated carbocycles. The average molecular weight is 877 g/mol. The second-order valence-corrected chi connectivity index (χ2v) is 16.5. The van der Waals surface area contributed by atoms with Crippen LogP contribution in [0.3, 0.4) is 0 Å². The fraction of sp³-hybridized carbons (Fsp3) is 0.294. The van der Waals surface area contributed by atoms with Gasteiger partial charge in [0.15, 0.2) is 17.1 Å². The third-order valence-electron chi connectivity index (χ3n) is 12.6. The Balaban J connectivity index is 1.19. The smallest absolute Gasteiger partial charge is 0.277 e. The molecule has 5 heterocycles. The molecular weight excluding hydrogens is 825 g/mol. The molecule has 1 N–H and O–H groups in total. The minimum atomic E-state index is -0.681. The maximum Gasteiger partial charge on any atom is 0.277 e. The number of carbonyl (C=O) groups is 2. The van der Waals surface area contributed by atoms with Crippen molar-refractivity contribution in [1.82, 2.24) is 19.2 Å². The molecule has 3 aliphatic rings. The largest absolute Gasteiger partial charge is 0.502 e. The van der Waals surface area contributed by atoms with E-state index in [0.29, 0.717) is 43.8 Å². The fourth-order valence-corrected chi connectivity index (χ4v) is 9.43. The van der Waals surface area contributed by atoms with Crippen LogP contribution in [0.4, 0.5) is 0 Å². The lowest BCUT2D eigenvalue weighted by Crippen LogP contribution is -2.61. The summed E-state index contributed by atoms with van der Waals surface area (Å²) in [5.41, 5.74) is 2.05. The zero-order valence-electron chi connectivity index (χ0n) is 36.9. The van der Waals surface area contributed by atoms with Crippen molar-refractivity contribution in [3.05, 3.63) is 182 Å². The molecule has 14 heteroatoms. The Morgan fingerprint density at radius 3 is 2.29 bits per heavy atom. The topological polar surface area (TPSA) is 139 Å². The quantitative estimate of drug-likeness (QED) is 0.130. The number of unbranched alkanes of at least 4 members (excludes halogenated alkanes) is 1. The molecule has 2 amide bonds. The van der Waals surface area contributed by atoms with Crippen LogP contribution in [0.2, 0.25) is 0 Å². The first-order valence-electron chi connectivity index (χ1n) is 22.2. The van der Waals surface area contributed by atoms with E-state index < -0.39 is 46.9 Å². The lowest BCUT2D eigenvalue weighted by atomic mass is 9.95. The zero-order chi connectivity index (χ0) is 45.4. The maximum atomic E-state index is 14.7. The SMILES string of the molecule is CCCCOc1ccccc1[C@@H](c1ccccc1)N1[C@@H](CC)N(C)C(=O)c2c(Oc3cccc([C@@H]4c5ccccc5OCCCC5N(C)C(=O)c6c(O)c(=O)ccn6N54)c3)c(=O)ccn21. The van der Waals surface area contributed by atoms with E-state index in [9.17, 15) is 24.3 Å². The Bertz CT molecular complexity index is 2860. The summed E-state index contributed by atoms with van der Waals surface area (Å²) in [6.07, 6.45) is 5.74. The number of aromatic hydroxyl groups is 1. The summed E-state index contributed by atoms with van der Waals surface area (Å²) in [5.74, 6) is -0.0322. The van der Waals surface area contributed by atoms with E-state index in [2.05, 4.69) is 24.1 Å². The Labute approximate surface area is 377 Å². The second kappa shape index (κ2) is 17.9. The number of ether oxygens (including phenoxy) is 3. The Morgan fingerprint density at radius 2 is 1.49 bits per heavy atom. The molecule has 2 aromatic heterocycles. The lowest BCUT2D eigenvalue weighted by molar-refractivity contribution is 0.0598. The first-order valence-corrected chi connectivity index (χ1v) is 22.2. The number of hydrogen-bond acceptors (Lipinski definition) is 10. The van der Waals surface area contributed by atoms with Gasteiger partial charge in [0.25, 0.3) is 11.8 Å². The number of benzene rings is 4. The van der Waals surface area contributed by atoms with Crippen LogP contribution in [-0.4, -0.2) is 75.7 Å². The zero-order valence-corrected chi connectivity index (χ0v) is 36.9. The molecule has 9 rings (SSSR count). The number of para-hydroxylation sites is 2. The van der Waals surface area contributed by atoms with Gasteiger partial charge in [0.1, 0.15) is 41.7 Å². The fourth-order valence-electron chi connectivity index (χ4n) is 9.43. The van der Waals surface area contributed by atoms with Crippen molar-refractivity contribution in [2.45, 2.75) is 70.4 Å². The molecule has 65 heavy (non-hydrogen) atoms. The summed E-state index contributed by atoms with van der Waals surface area (Å²) in [5, 5.41) is 15.2. The Kier molecular flexibility index (Phi) is 11.8. The van der Waals surface area contributed by atoms with E-state index in [4.69, 9.17) is 14.2 Å². The number of carbonyl (C=O) groups excluding carboxylic acids is 2. The molecule has 0 spiro atoms. The second-order valence-electron chi connectivity index (χ2n) is 16.5. The minimum Gasteiger partial charge on any atom is -0.502 e. The van der Waals surface area contributed by atoms with Gasteiger partial charge in [-0.05, 0) is 61.1 Å². The Hall–Kier alpha value is -7.48. The highest BCUT2D eigenvalue weighted by Crippen LogP contribution is 2.43. The number of fused-ring (bicyclic) bond motifs is 5. The van der Waals surface area contributed by atoms with Crippen LogP contribution < -0.4 is 35.1 Å². The summed E-state index contributed by atoms with van der Waals surface area (Å²) in [6.45, 7) is 5.10. The van der Waals surface area contributed by atoms with Crippen molar-refractivity contribution < 1.29 is 28.9 Å². The van der Waals surface area contributed by atoms with Crippen LogP contribution in [0, 0.1) is 0 Å². The number of rotatable bonds is 11. The highest BCUT2D eigenvalue weighted by atomic mass is 16.5. The van der Waals surface area contributed by atoms with E-state index in [1.807, 2.05) is 84.7 Å². The van der Waals surface area contributed by atoms with Gasteiger partial charge in [0.05, 0.1) is 13.2 Å². The van der Waals surface area contributed by atoms with Gasteiger partial charge < -0.3 is 29.1 Å². The van der Waals surface area contributed by atoms with E-state index in [0.717, 1.165) is 35.3 Å². The predicted octanol–water partition coefficient (Wildman–Crippen LogP) is 7.55. The number of amides is 2. The number of hydrogen-bond donors (Lipinski definition) is 1. The van der Waals surface area contributed by atoms with Gasteiger partial charge in [0, 0.05) is 49.7 Å². The molecule has 4 aromatic carbocycles. The number of pyridine rings is 2. The molecular formula is C51H52N6O8. The van der Waals surface area contributed by atoms with Crippen molar-refractivity contribution in [3.63, 3.8) is 0 Å².